The first kappa shape index (κ1) is 34.0. The number of imide groups is 1. The van der Waals surface area contributed by atoms with Crippen molar-refractivity contribution >= 4 is 61.5 Å². The van der Waals surface area contributed by atoms with Gasteiger partial charge in [0.2, 0.25) is 11.0 Å². The summed E-state index contributed by atoms with van der Waals surface area (Å²) < 4.78 is 35.8. The van der Waals surface area contributed by atoms with Crippen molar-refractivity contribution in [1.82, 2.24) is 5.06 Å². The topological polar surface area (TPSA) is 125 Å². The van der Waals surface area contributed by atoms with Crippen LogP contribution in [0.2, 0.25) is 0 Å². The summed E-state index contributed by atoms with van der Waals surface area (Å²) in [5, 5.41) is 2.79. The molecule has 3 heterocycles. The molecule has 6 rings (SSSR count). The van der Waals surface area contributed by atoms with Gasteiger partial charge in [-0.2, -0.15) is 13.0 Å². The maximum atomic E-state index is 12.2. The van der Waals surface area contributed by atoms with Crippen molar-refractivity contribution in [2.45, 2.75) is 76.2 Å². The summed E-state index contributed by atoms with van der Waals surface area (Å²) in [7, 11) is -4.33. The van der Waals surface area contributed by atoms with Gasteiger partial charge < -0.3 is 9.74 Å². The highest BCUT2D eigenvalue weighted by Crippen LogP contribution is 2.48. The monoisotopic (exact) mass is 682 g/mol. The number of aromatic nitrogens is 1. The summed E-state index contributed by atoms with van der Waals surface area (Å²) in [4.78, 5) is 42.8. The van der Waals surface area contributed by atoms with Crippen LogP contribution in [0.5, 0.6) is 0 Å². The standard InChI is InChI=1S/C38H39N3O7S/c1-4-39-33-21-20-26(49(45,46)47)25-30(33)38(2,3)34(39)18-12-15-27-28-13-7-9-16-31(28)40(32-17-10-8-14-29(27)32)24-11-5-6-19-37(44)48-41-35(42)22-23-36(41)43/h7-10,12-18,20-21,25H,4-6,11,19,22-24H2,1-3H3/p+1. The van der Waals surface area contributed by atoms with Gasteiger partial charge in [0.1, 0.15) is 6.54 Å². The van der Waals surface area contributed by atoms with E-state index in [2.05, 4.69) is 72.7 Å². The van der Waals surface area contributed by atoms with Crippen molar-refractivity contribution in [3.63, 3.8) is 0 Å². The molecule has 0 spiro atoms. The molecular formula is C38H40N3O7S+. The van der Waals surface area contributed by atoms with Crippen molar-refractivity contribution in [3.8, 4) is 0 Å². The maximum absolute atomic E-state index is 12.2. The van der Waals surface area contributed by atoms with E-state index in [-0.39, 0.29) is 24.2 Å². The molecule has 49 heavy (non-hydrogen) atoms. The Balaban J connectivity index is 1.24. The molecule has 0 unspecified atom stereocenters. The largest absolute Gasteiger partial charge is 0.344 e. The zero-order valence-corrected chi connectivity index (χ0v) is 28.7. The number of rotatable bonds is 11. The summed E-state index contributed by atoms with van der Waals surface area (Å²) >= 11 is 0. The molecule has 0 atom stereocenters. The molecule has 4 aromatic rings. The van der Waals surface area contributed by atoms with Crippen LogP contribution < -0.4 is 9.47 Å². The molecule has 0 radical (unpaired) electrons. The zero-order chi connectivity index (χ0) is 34.9. The average Bonchev–Trinajstić information content (AvgIpc) is 3.50. The molecule has 0 aliphatic carbocycles. The Bertz CT molecular complexity index is 2080. The number of fused-ring (bicyclic) bond motifs is 3. The van der Waals surface area contributed by atoms with Gasteiger partial charge in [0.25, 0.3) is 21.9 Å². The Morgan fingerprint density at radius 2 is 1.57 bits per heavy atom. The predicted molar refractivity (Wildman–Crippen MR) is 187 cm³/mol. The lowest BCUT2D eigenvalue weighted by Gasteiger charge is -2.25. The van der Waals surface area contributed by atoms with E-state index in [0.29, 0.717) is 18.0 Å². The fraction of sp³-hybridized carbons (Fsp3) is 0.316. The number of anilines is 1. The summed E-state index contributed by atoms with van der Waals surface area (Å²) in [6.07, 6.45) is 8.69. The van der Waals surface area contributed by atoms with E-state index in [1.54, 1.807) is 12.1 Å². The van der Waals surface area contributed by atoms with E-state index in [9.17, 15) is 27.4 Å². The fourth-order valence-electron chi connectivity index (χ4n) is 6.98. The molecule has 2 aliphatic heterocycles. The molecule has 1 N–H and O–H groups in total. The van der Waals surface area contributed by atoms with Gasteiger partial charge in [-0.3, -0.25) is 14.1 Å². The SMILES string of the molecule is CCN1C(=CC=Cc2c3ccccc3[n+](CCCCCC(=O)ON3C(=O)CCC3=O)c3ccccc23)C(C)(C)c2cc(S(=O)(=O)O)ccc21. The highest BCUT2D eigenvalue weighted by atomic mass is 32.2. The first-order valence-electron chi connectivity index (χ1n) is 16.6. The Labute approximate surface area is 286 Å². The first-order valence-corrected chi connectivity index (χ1v) is 18.0. The summed E-state index contributed by atoms with van der Waals surface area (Å²) in [6, 6.07) is 21.3. The number of para-hydroxylation sites is 2. The third-order valence-electron chi connectivity index (χ3n) is 9.43. The highest BCUT2D eigenvalue weighted by Gasteiger charge is 2.40. The van der Waals surface area contributed by atoms with Crippen molar-refractivity contribution in [1.29, 1.82) is 0 Å². The number of hydrogen-bond donors (Lipinski definition) is 1. The van der Waals surface area contributed by atoms with Crippen molar-refractivity contribution in [2.24, 2.45) is 0 Å². The molecule has 2 amide bonds. The van der Waals surface area contributed by atoms with Crippen LogP contribution >= 0.6 is 0 Å². The number of aryl methyl sites for hydroxylation is 1. The number of amides is 2. The number of allylic oxidation sites excluding steroid dienone is 3. The number of pyridine rings is 1. The van der Waals surface area contributed by atoms with Crippen LogP contribution in [0.25, 0.3) is 27.9 Å². The third kappa shape index (κ3) is 6.60. The summed E-state index contributed by atoms with van der Waals surface area (Å²) in [6.45, 7) is 7.60. The maximum Gasteiger partial charge on any atom is 0.333 e. The second kappa shape index (κ2) is 13.6. The molecule has 0 bridgehead atoms. The van der Waals surface area contributed by atoms with Crippen LogP contribution in [0.4, 0.5) is 5.69 Å². The first-order chi connectivity index (χ1) is 23.4. The van der Waals surface area contributed by atoms with E-state index in [1.807, 2.05) is 24.3 Å². The highest BCUT2D eigenvalue weighted by molar-refractivity contribution is 7.85. The number of carbonyl (C=O) groups excluding carboxylic acids is 3. The molecule has 2 aliphatic rings. The van der Waals surface area contributed by atoms with E-state index < -0.39 is 33.3 Å². The third-order valence-corrected chi connectivity index (χ3v) is 10.3. The van der Waals surface area contributed by atoms with Gasteiger partial charge in [-0.05, 0) is 61.7 Å². The number of likely N-dealkylation sites (N-methyl/N-ethyl adjacent to an activating group) is 1. The van der Waals surface area contributed by atoms with Gasteiger partial charge in [-0.15, -0.1) is 5.06 Å². The smallest absolute Gasteiger partial charge is 0.333 e. The number of unbranched alkanes of at least 4 members (excludes halogenated alkanes) is 2. The van der Waals surface area contributed by atoms with Crippen LogP contribution in [-0.2, 0) is 41.3 Å². The summed E-state index contributed by atoms with van der Waals surface area (Å²) in [5.74, 6) is -1.53. The van der Waals surface area contributed by atoms with Crippen LogP contribution in [0.15, 0.2) is 89.5 Å². The fourth-order valence-corrected chi connectivity index (χ4v) is 7.49. The minimum Gasteiger partial charge on any atom is -0.344 e. The minimum atomic E-state index is -4.33. The Kier molecular flexibility index (Phi) is 9.41. The van der Waals surface area contributed by atoms with E-state index in [0.717, 1.165) is 63.7 Å². The Morgan fingerprint density at radius 3 is 2.18 bits per heavy atom. The van der Waals surface area contributed by atoms with Gasteiger partial charge in [0, 0.05) is 66.7 Å². The zero-order valence-electron chi connectivity index (χ0n) is 27.9. The van der Waals surface area contributed by atoms with Gasteiger partial charge in [-0.25, -0.2) is 4.79 Å². The number of hydroxylamine groups is 2. The van der Waals surface area contributed by atoms with E-state index in [1.165, 1.54) is 6.07 Å². The van der Waals surface area contributed by atoms with Crippen LogP contribution in [-0.4, -0.2) is 42.4 Å². The quantitative estimate of drug-likeness (QED) is 0.0633. The number of benzene rings is 3. The van der Waals surface area contributed by atoms with Crippen molar-refractivity contribution in [3.05, 3.63) is 95.7 Å². The van der Waals surface area contributed by atoms with Crippen LogP contribution in [0.1, 0.15) is 70.4 Å². The van der Waals surface area contributed by atoms with Crippen LogP contribution in [0, 0.1) is 0 Å². The lowest BCUT2D eigenvalue weighted by molar-refractivity contribution is -0.645. The molecule has 0 saturated carbocycles. The molecule has 10 nitrogen and oxygen atoms in total. The molecule has 254 valence electrons. The number of hydrogen-bond acceptors (Lipinski definition) is 7. The van der Waals surface area contributed by atoms with Crippen molar-refractivity contribution < 1.29 is 36.8 Å². The second-order valence-electron chi connectivity index (χ2n) is 12.9. The molecule has 11 heteroatoms. The molecule has 1 aromatic heterocycles. The normalized spacial score (nSPS) is 16.9. The number of nitrogens with zero attached hydrogens (tertiary/aromatic N) is 3. The predicted octanol–water partition coefficient (Wildman–Crippen LogP) is 6.41. The minimum absolute atomic E-state index is 0.0741. The van der Waals surface area contributed by atoms with Gasteiger partial charge in [0.15, 0.2) is 0 Å². The lowest BCUT2D eigenvalue weighted by Crippen LogP contribution is -2.36. The van der Waals surface area contributed by atoms with Gasteiger partial charge in [0.05, 0.1) is 15.7 Å². The van der Waals surface area contributed by atoms with E-state index in [4.69, 9.17) is 4.84 Å². The molecule has 1 fully saturated rings. The van der Waals surface area contributed by atoms with Crippen molar-refractivity contribution in [2.75, 3.05) is 11.4 Å². The summed E-state index contributed by atoms with van der Waals surface area (Å²) in [5.41, 5.74) is 5.54. The van der Waals surface area contributed by atoms with Crippen LogP contribution in [0.3, 0.4) is 0 Å². The van der Waals surface area contributed by atoms with Gasteiger partial charge >= 0.3 is 5.97 Å². The Hall–Kier alpha value is -4.87. The molecule has 3 aromatic carbocycles. The molecule has 1 saturated heterocycles. The molecular weight excluding hydrogens is 642 g/mol. The lowest BCUT2D eigenvalue weighted by atomic mass is 9.83. The van der Waals surface area contributed by atoms with E-state index >= 15 is 0 Å². The average molecular weight is 683 g/mol. The second-order valence-corrected chi connectivity index (χ2v) is 14.3. The Morgan fingerprint density at radius 1 is 0.939 bits per heavy atom. The number of carbonyl (C=O) groups is 3. The van der Waals surface area contributed by atoms with Gasteiger partial charge in [-0.1, -0.05) is 50.3 Å².